The molecule has 0 saturated heterocycles. The molecule has 1 fully saturated rings. The molecule has 1 aromatic carbocycles. The summed E-state index contributed by atoms with van der Waals surface area (Å²) in [5.41, 5.74) is 1.07. The molecule has 0 N–H and O–H groups in total. The summed E-state index contributed by atoms with van der Waals surface area (Å²) in [4.78, 5) is 0.428. The lowest BCUT2D eigenvalue weighted by Gasteiger charge is -2.33. The van der Waals surface area contributed by atoms with E-state index in [1.807, 2.05) is 19.1 Å². The fraction of sp³-hybridized carbons (Fsp3) is 0.500. The Bertz CT molecular complexity index is 456. The maximum Gasteiger partial charge on any atom is 0.181 e. The summed E-state index contributed by atoms with van der Waals surface area (Å²) in [7, 11) is -1.52. The van der Waals surface area contributed by atoms with E-state index >= 15 is 0 Å². The number of rotatable bonds is 3. The second-order valence-electron chi connectivity index (χ2n) is 4.31. The summed E-state index contributed by atoms with van der Waals surface area (Å²) < 4.78 is 29.4. The van der Waals surface area contributed by atoms with Crippen molar-refractivity contribution in [3.05, 3.63) is 29.8 Å². The minimum absolute atomic E-state index is 0.116. The van der Waals surface area contributed by atoms with Gasteiger partial charge in [0.05, 0.1) is 16.2 Å². The summed E-state index contributed by atoms with van der Waals surface area (Å²) in [6.45, 7) is 1.95. The Morgan fingerprint density at radius 3 is 2.25 bits per heavy atom. The molecule has 0 heterocycles. The first-order valence-corrected chi connectivity index (χ1v) is 6.92. The monoisotopic (exact) mass is 240 g/mol. The molecule has 88 valence electrons. The van der Waals surface area contributed by atoms with Crippen LogP contribution in [0.5, 0.6) is 0 Å². The van der Waals surface area contributed by atoms with E-state index < -0.39 is 9.84 Å². The van der Waals surface area contributed by atoms with Gasteiger partial charge in [-0.3, -0.25) is 0 Å². The van der Waals surface area contributed by atoms with Crippen molar-refractivity contribution in [3.63, 3.8) is 0 Å². The molecule has 1 aromatic rings. The number of ether oxygens (including phenoxy) is 1. The molecule has 16 heavy (non-hydrogen) atoms. The van der Waals surface area contributed by atoms with Gasteiger partial charge >= 0.3 is 0 Å². The van der Waals surface area contributed by atoms with Crippen molar-refractivity contribution < 1.29 is 13.2 Å². The molecule has 0 amide bonds. The Morgan fingerprint density at radius 2 is 1.75 bits per heavy atom. The van der Waals surface area contributed by atoms with Crippen LogP contribution in [0.15, 0.2) is 29.2 Å². The van der Waals surface area contributed by atoms with E-state index in [4.69, 9.17) is 4.74 Å². The Kier molecular flexibility index (Phi) is 3.04. The van der Waals surface area contributed by atoms with Gasteiger partial charge in [0.25, 0.3) is 0 Å². The molecule has 0 unspecified atom stereocenters. The zero-order valence-electron chi connectivity index (χ0n) is 9.51. The van der Waals surface area contributed by atoms with Crippen LogP contribution in [0.3, 0.4) is 0 Å². The topological polar surface area (TPSA) is 43.4 Å². The predicted octanol–water partition coefficient (Wildman–Crippen LogP) is 1.95. The molecule has 1 aliphatic rings. The Hall–Kier alpha value is -0.870. The number of benzene rings is 1. The molecule has 4 heteroatoms. The lowest BCUT2D eigenvalue weighted by atomic mass is 9.95. The molecule has 3 nitrogen and oxygen atoms in total. The third-order valence-electron chi connectivity index (χ3n) is 3.17. The minimum atomic E-state index is -3.14. The van der Waals surface area contributed by atoms with Crippen molar-refractivity contribution >= 4 is 9.84 Å². The maximum atomic E-state index is 12.1. The Balaban J connectivity index is 2.17. The average Bonchev–Trinajstić information content (AvgIpc) is 2.16. The lowest BCUT2D eigenvalue weighted by molar-refractivity contribution is 0.0436. The molecule has 0 bridgehead atoms. The van der Waals surface area contributed by atoms with E-state index in [1.54, 1.807) is 19.2 Å². The molecule has 2 rings (SSSR count). The second kappa shape index (κ2) is 4.18. The van der Waals surface area contributed by atoms with E-state index in [-0.39, 0.29) is 11.4 Å². The van der Waals surface area contributed by atoms with Crippen LogP contribution in [0.4, 0.5) is 0 Å². The van der Waals surface area contributed by atoms with Gasteiger partial charge in [-0.05, 0) is 31.9 Å². The molecule has 0 aliphatic heterocycles. The van der Waals surface area contributed by atoms with Gasteiger partial charge in [0.2, 0.25) is 0 Å². The molecule has 0 radical (unpaired) electrons. The smallest absolute Gasteiger partial charge is 0.181 e. The number of sulfone groups is 1. The molecule has 1 aliphatic carbocycles. The first-order chi connectivity index (χ1) is 7.54. The van der Waals surface area contributed by atoms with Gasteiger partial charge in [0, 0.05) is 7.11 Å². The predicted molar refractivity (Wildman–Crippen MR) is 62.2 cm³/mol. The van der Waals surface area contributed by atoms with E-state index in [0.29, 0.717) is 17.7 Å². The number of methoxy groups -OCH3 is 1. The lowest BCUT2D eigenvalue weighted by Crippen LogP contribution is -2.40. The second-order valence-corrected chi connectivity index (χ2v) is 6.54. The summed E-state index contributed by atoms with van der Waals surface area (Å²) in [5, 5.41) is -0.264. The highest BCUT2D eigenvalue weighted by Gasteiger charge is 2.39. The molecule has 0 atom stereocenters. The van der Waals surface area contributed by atoms with Crippen LogP contribution in [0.2, 0.25) is 0 Å². The maximum absolute atomic E-state index is 12.1. The number of aryl methyl sites for hydroxylation is 1. The van der Waals surface area contributed by atoms with Gasteiger partial charge in [-0.15, -0.1) is 0 Å². The van der Waals surface area contributed by atoms with Crippen LogP contribution in [-0.4, -0.2) is 26.9 Å². The Morgan fingerprint density at radius 1 is 1.19 bits per heavy atom. The molecule has 0 aromatic heterocycles. The van der Waals surface area contributed by atoms with Gasteiger partial charge < -0.3 is 4.74 Å². The molecular weight excluding hydrogens is 224 g/mol. The number of hydrogen-bond acceptors (Lipinski definition) is 3. The normalized spacial score (nSPS) is 25.1. The van der Waals surface area contributed by atoms with Crippen molar-refractivity contribution in [1.82, 2.24) is 0 Å². The standard InChI is InChI=1S/C12H16O3S/c1-9-3-5-11(6-4-9)16(13,14)12-7-10(8-12)15-2/h3-6,10,12H,7-8H2,1-2H3. The first kappa shape index (κ1) is 11.6. The fourth-order valence-corrected chi connectivity index (χ4v) is 3.72. The van der Waals surface area contributed by atoms with E-state index in [0.717, 1.165) is 5.56 Å². The SMILES string of the molecule is COC1CC(S(=O)(=O)c2ccc(C)cc2)C1. The fourth-order valence-electron chi connectivity index (χ4n) is 1.88. The zero-order chi connectivity index (χ0) is 11.8. The van der Waals surface area contributed by atoms with Crippen LogP contribution in [0, 0.1) is 6.92 Å². The minimum Gasteiger partial charge on any atom is -0.381 e. The van der Waals surface area contributed by atoms with Crippen molar-refractivity contribution in [2.45, 2.75) is 36.0 Å². The molecule has 1 saturated carbocycles. The molecular formula is C12H16O3S. The summed E-state index contributed by atoms with van der Waals surface area (Å²) >= 11 is 0. The van der Waals surface area contributed by atoms with Crippen molar-refractivity contribution in [1.29, 1.82) is 0 Å². The summed E-state index contributed by atoms with van der Waals surface area (Å²) in [5.74, 6) is 0. The quantitative estimate of drug-likeness (QED) is 0.811. The largest absolute Gasteiger partial charge is 0.381 e. The van der Waals surface area contributed by atoms with Gasteiger partial charge in [0.1, 0.15) is 0 Å². The highest BCUT2D eigenvalue weighted by atomic mass is 32.2. The van der Waals surface area contributed by atoms with Crippen LogP contribution < -0.4 is 0 Å². The summed E-state index contributed by atoms with van der Waals surface area (Å²) in [6.07, 6.45) is 1.35. The van der Waals surface area contributed by atoms with Gasteiger partial charge in [0.15, 0.2) is 9.84 Å². The highest BCUT2D eigenvalue weighted by molar-refractivity contribution is 7.92. The van der Waals surface area contributed by atoms with Crippen molar-refractivity contribution in [2.24, 2.45) is 0 Å². The third-order valence-corrected chi connectivity index (χ3v) is 5.37. The van der Waals surface area contributed by atoms with E-state index in [9.17, 15) is 8.42 Å². The highest BCUT2D eigenvalue weighted by Crippen LogP contribution is 2.33. The molecule has 0 spiro atoms. The third kappa shape index (κ3) is 1.99. The zero-order valence-corrected chi connectivity index (χ0v) is 10.3. The number of hydrogen-bond donors (Lipinski definition) is 0. The summed E-state index contributed by atoms with van der Waals surface area (Å²) in [6, 6.07) is 7.04. The van der Waals surface area contributed by atoms with Gasteiger partial charge in [-0.25, -0.2) is 8.42 Å². The van der Waals surface area contributed by atoms with Gasteiger partial charge in [-0.1, -0.05) is 17.7 Å². The van der Waals surface area contributed by atoms with E-state index in [1.165, 1.54) is 0 Å². The Labute approximate surface area is 96.4 Å². The first-order valence-electron chi connectivity index (χ1n) is 5.37. The van der Waals surface area contributed by atoms with Crippen molar-refractivity contribution in [2.75, 3.05) is 7.11 Å². The van der Waals surface area contributed by atoms with Crippen molar-refractivity contribution in [3.8, 4) is 0 Å². The van der Waals surface area contributed by atoms with E-state index in [2.05, 4.69) is 0 Å². The van der Waals surface area contributed by atoms with Crippen LogP contribution in [0.25, 0.3) is 0 Å². The van der Waals surface area contributed by atoms with Gasteiger partial charge in [-0.2, -0.15) is 0 Å². The van der Waals surface area contributed by atoms with Crippen LogP contribution in [0.1, 0.15) is 18.4 Å². The van der Waals surface area contributed by atoms with Crippen LogP contribution in [-0.2, 0) is 14.6 Å². The van der Waals surface area contributed by atoms with Crippen LogP contribution >= 0.6 is 0 Å². The average molecular weight is 240 g/mol.